The Bertz CT molecular complexity index is 1460. The molecule has 1 saturated carbocycles. The van der Waals surface area contributed by atoms with Crippen LogP contribution in [-0.4, -0.2) is 24.1 Å². The third-order valence-electron chi connectivity index (χ3n) is 6.43. The molecule has 154 valence electrons. The van der Waals surface area contributed by atoms with Crippen LogP contribution in [0, 0.1) is 0 Å². The average molecular weight is 409 g/mol. The lowest BCUT2D eigenvalue weighted by Crippen LogP contribution is -2.26. The van der Waals surface area contributed by atoms with E-state index in [1.807, 2.05) is 51.6 Å². The van der Waals surface area contributed by atoms with Crippen molar-refractivity contribution in [3.63, 3.8) is 0 Å². The number of rotatable bonds is 3. The van der Waals surface area contributed by atoms with Gasteiger partial charge < -0.3 is 4.57 Å². The summed E-state index contributed by atoms with van der Waals surface area (Å²) in [6.45, 7) is 0.591. The Balaban J connectivity index is 1.65. The summed E-state index contributed by atoms with van der Waals surface area (Å²) in [6.07, 6.45) is 7.37. The van der Waals surface area contributed by atoms with Gasteiger partial charge in [-0.3, -0.25) is 9.36 Å². The first-order valence-corrected chi connectivity index (χ1v) is 11.0. The molecule has 0 spiro atoms. The summed E-state index contributed by atoms with van der Waals surface area (Å²) in [6, 6.07) is 18.2. The van der Waals surface area contributed by atoms with Crippen molar-refractivity contribution in [2.45, 2.75) is 44.7 Å². The zero-order chi connectivity index (χ0) is 20.8. The lowest BCUT2D eigenvalue weighted by atomic mass is 9.95. The molecule has 5 aromatic rings. The molecule has 2 aromatic carbocycles. The number of benzene rings is 2. The Hall–Kier alpha value is -3.54. The molecule has 1 aliphatic rings. The quantitative estimate of drug-likeness (QED) is 0.427. The van der Waals surface area contributed by atoms with Crippen LogP contribution in [0.15, 0.2) is 65.7 Å². The summed E-state index contributed by atoms with van der Waals surface area (Å²) in [4.78, 5) is 28.3. The second kappa shape index (κ2) is 7.30. The third kappa shape index (κ3) is 3.02. The molecule has 0 N–H and O–H groups in total. The third-order valence-corrected chi connectivity index (χ3v) is 6.43. The maximum absolute atomic E-state index is 13.7. The molecular formula is C25H23N5O. The van der Waals surface area contributed by atoms with E-state index in [4.69, 9.17) is 15.0 Å². The van der Waals surface area contributed by atoms with E-state index in [2.05, 4.69) is 12.1 Å². The summed E-state index contributed by atoms with van der Waals surface area (Å²) in [5.41, 5.74) is 4.76. The Morgan fingerprint density at radius 1 is 0.839 bits per heavy atom. The molecule has 0 atom stereocenters. The first-order chi connectivity index (χ1) is 15.3. The van der Waals surface area contributed by atoms with E-state index in [1.54, 1.807) is 6.33 Å². The van der Waals surface area contributed by atoms with E-state index >= 15 is 0 Å². The van der Waals surface area contributed by atoms with Crippen LogP contribution in [0.25, 0.3) is 33.2 Å². The highest BCUT2D eigenvalue weighted by molar-refractivity contribution is 6.04. The van der Waals surface area contributed by atoms with Crippen LogP contribution in [0.3, 0.4) is 0 Å². The van der Waals surface area contributed by atoms with Gasteiger partial charge in [-0.05, 0) is 30.5 Å². The van der Waals surface area contributed by atoms with Crippen LogP contribution in [0.5, 0.6) is 0 Å². The molecule has 1 aliphatic carbocycles. The predicted molar refractivity (Wildman–Crippen MR) is 122 cm³/mol. The maximum Gasteiger partial charge on any atom is 0.265 e. The highest BCUT2D eigenvalue weighted by Gasteiger charge is 2.23. The van der Waals surface area contributed by atoms with Crippen molar-refractivity contribution in [1.29, 1.82) is 0 Å². The molecule has 3 aromatic heterocycles. The van der Waals surface area contributed by atoms with Crippen LogP contribution in [0.1, 0.15) is 43.7 Å². The van der Waals surface area contributed by atoms with Crippen molar-refractivity contribution in [3.8, 4) is 0 Å². The van der Waals surface area contributed by atoms with E-state index in [0.717, 1.165) is 42.3 Å². The second-order valence-corrected chi connectivity index (χ2v) is 8.40. The van der Waals surface area contributed by atoms with Gasteiger partial charge in [-0.1, -0.05) is 61.7 Å². The standard InChI is InChI=1S/C25H23N5O/c31-25-21-22-24(28-20-14-8-7-13-19(20)27-22)29(15-17-9-3-1-4-10-17)23(21)26-16-30(25)18-11-5-2-6-12-18/h1,3-4,7-10,13-14,16,18H,2,5-6,11-12,15H2. The molecular weight excluding hydrogens is 386 g/mol. The number of para-hydroxylation sites is 2. The van der Waals surface area contributed by atoms with Gasteiger partial charge in [0.2, 0.25) is 0 Å². The van der Waals surface area contributed by atoms with E-state index in [1.165, 1.54) is 6.42 Å². The van der Waals surface area contributed by atoms with Crippen LogP contribution < -0.4 is 5.56 Å². The van der Waals surface area contributed by atoms with E-state index in [-0.39, 0.29) is 11.6 Å². The fourth-order valence-electron chi connectivity index (χ4n) is 4.85. The first-order valence-electron chi connectivity index (χ1n) is 11.0. The van der Waals surface area contributed by atoms with Crippen LogP contribution >= 0.6 is 0 Å². The van der Waals surface area contributed by atoms with Gasteiger partial charge in [0.25, 0.3) is 5.56 Å². The summed E-state index contributed by atoms with van der Waals surface area (Å²) in [7, 11) is 0. The fourth-order valence-corrected chi connectivity index (χ4v) is 4.85. The summed E-state index contributed by atoms with van der Waals surface area (Å²) < 4.78 is 3.87. The molecule has 0 saturated heterocycles. The van der Waals surface area contributed by atoms with Gasteiger partial charge in [-0.15, -0.1) is 0 Å². The van der Waals surface area contributed by atoms with E-state index < -0.39 is 0 Å². The second-order valence-electron chi connectivity index (χ2n) is 8.40. The summed E-state index contributed by atoms with van der Waals surface area (Å²) in [5.74, 6) is 0. The highest BCUT2D eigenvalue weighted by Crippen LogP contribution is 2.29. The lowest BCUT2D eigenvalue weighted by molar-refractivity contribution is 0.345. The zero-order valence-corrected chi connectivity index (χ0v) is 17.2. The molecule has 0 aliphatic heterocycles. The van der Waals surface area contributed by atoms with Gasteiger partial charge in [0, 0.05) is 6.04 Å². The van der Waals surface area contributed by atoms with Crippen molar-refractivity contribution in [2.75, 3.05) is 0 Å². The normalized spacial score (nSPS) is 15.2. The minimum atomic E-state index is -0.00158. The van der Waals surface area contributed by atoms with Crippen LogP contribution in [-0.2, 0) is 6.54 Å². The molecule has 6 heteroatoms. The summed E-state index contributed by atoms with van der Waals surface area (Å²) in [5, 5.41) is 0.581. The predicted octanol–water partition coefficient (Wildman–Crippen LogP) is 4.85. The van der Waals surface area contributed by atoms with Crippen molar-refractivity contribution in [3.05, 3.63) is 76.8 Å². The molecule has 1 fully saturated rings. The zero-order valence-electron chi connectivity index (χ0n) is 17.2. The minimum absolute atomic E-state index is 0.00158. The Kier molecular flexibility index (Phi) is 4.30. The number of nitrogens with zero attached hydrogens (tertiary/aromatic N) is 5. The molecule has 0 amide bonds. The average Bonchev–Trinajstić information content (AvgIpc) is 3.12. The SMILES string of the molecule is O=c1c2c3nc4ccccc4nc3n(Cc3ccccc3)c2ncn1C1CCCCC1. The van der Waals surface area contributed by atoms with Gasteiger partial charge >= 0.3 is 0 Å². The molecule has 0 unspecified atom stereocenters. The van der Waals surface area contributed by atoms with Gasteiger partial charge in [0.1, 0.15) is 17.2 Å². The number of hydrogen-bond donors (Lipinski definition) is 0. The minimum Gasteiger partial charge on any atom is -0.304 e. The highest BCUT2D eigenvalue weighted by atomic mass is 16.1. The number of hydrogen-bond acceptors (Lipinski definition) is 4. The fraction of sp³-hybridized carbons (Fsp3) is 0.280. The van der Waals surface area contributed by atoms with Crippen molar-refractivity contribution < 1.29 is 0 Å². The van der Waals surface area contributed by atoms with Crippen LogP contribution in [0.4, 0.5) is 0 Å². The van der Waals surface area contributed by atoms with Crippen molar-refractivity contribution >= 4 is 33.2 Å². The maximum atomic E-state index is 13.7. The van der Waals surface area contributed by atoms with Crippen LogP contribution in [0.2, 0.25) is 0 Å². The monoisotopic (exact) mass is 409 g/mol. The lowest BCUT2D eigenvalue weighted by Gasteiger charge is -2.23. The van der Waals surface area contributed by atoms with Gasteiger partial charge in [-0.2, -0.15) is 0 Å². The Labute approximate surface area is 179 Å². The molecule has 0 bridgehead atoms. The Morgan fingerprint density at radius 3 is 2.32 bits per heavy atom. The first kappa shape index (κ1) is 18.2. The van der Waals surface area contributed by atoms with Crippen molar-refractivity contribution in [1.82, 2.24) is 24.1 Å². The topological polar surface area (TPSA) is 65.6 Å². The van der Waals surface area contributed by atoms with E-state index in [0.29, 0.717) is 28.7 Å². The number of aromatic nitrogens is 5. The van der Waals surface area contributed by atoms with Gasteiger partial charge in [0.05, 0.1) is 17.6 Å². The number of fused-ring (bicyclic) bond motifs is 4. The summed E-state index contributed by atoms with van der Waals surface area (Å²) >= 11 is 0. The molecule has 6 rings (SSSR count). The van der Waals surface area contributed by atoms with E-state index in [9.17, 15) is 4.79 Å². The molecule has 31 heavy (non-hydrogen) atoms. The molecule has 0 radical (unpaired) electrons. The Morgan fingerprint density at radius 2 is 1.55 bits per heavy atom. The molecule has 6 nitrogen and oxygen atoms in total. The largest absolute Gasteiger partial charge is 0.304 e. The molecule has 3 heterocycles. The smallest absolute Gasteiger partial charge is 0.265 e. The van der Waals surface area contributed by atoms with Gasteiger partial charge in [-0.25, -0.2) is 15.0 Å². The van der Waals surface area contributed by atoms with Crippen molar-refractivity contribution in [2.24, 2.45) is 0 Å². The van der Waals surface area contributed by atoms with Gasteiger partial charge in [0.15, 0.2) is 11.3 Å².